The van der Waals surface area contributed by atoms with Crippen LogP contribution in [0.5, 0.6) is 0 Å². The molecule has 2 rings (SSSR count). The van der Waals surface area contributed by atoms with Crippen LogP contribution >= 0.6 is 0 Å². The van der Waals surface area contributed by atoms with Gasteiger partial charge in [-0.1, -0.05) is 60.7 Å². The molecule has 0 atom stereocenters. The summed E-state index contributed by atoms with van der Waals surface area (Å²) < 4.78 is 0. The van der Waals surface area contributed by atoms with Crippen LogP contribution in [0.3, 0.4) is 0 Å². The molecule has 0 aromatic heterocycles. The molecule has 0 unspecified atom stereocenters. The maximum atomic E-state index is 9.61. The monoisotopic (exact) mass is 230 g/mol. The molecule has 2 nitrogen and oxygen atoms in total. The predicted molar refractivity (Wildman–Crippen MR) is 66.3 cm³/mol. The molecule has 3 heteroatoms. The third kappa shape index (κ3) is 2.39. The molecule has 2 aromatic carbocycles. The number of hydrogen-bond donors (Lipinski definition) is 2. The van der Waals surface area contributed by atoms with Gasteiger partial charge in [-0.3, -0.25) is 0 Å². The summed E-state index contributed by atoms with van der Waals surface area (Å²) in [5, 5.41) is 0. The van der Waals surface area contributed by atoms with E-state index < -0.39 is 9.28 Å². The normalized spacial score (nSPS) is 11.0. The lowest BCUT2D eigenvalue weighted by Gasteiger charge is -2.17. The van der Waals surface area contributed by atoms with E-state index in [2.05, 4.69) is 0 Å². The number of benzene rings is 2. The second-order valence-corrected chi connectivity index (χ2v) is 5.21. The first-order valence-electron chi connectivity index (χ1n) is 5.25. The summed E-state index contributed by atoms with van der Waals surface area (Å²) in [7, 11) is -2.74. The summed E-state index contributed by atoms with van der Waals surface area (Å²) in [6.45, 7) is 0. The summed E-state index contributed by atoms with van der Waals surface area (Å²) in [6.07, 6.45) is 0. The Morgan fingerprint density at radius 2 is 1.06 bits per heavy atom. The van der Waals surface area contributed by atoms with Gasteiger partial charge in [0, 0.05) is 5.54 Å². The first-order chi connectivity index (χ1) is 7.79. The quantitative estimate of drug-likeness (QED) is 0.786. The zero-order valence-corrected chi connectivity index (χ0v) is 9.98. The highest BCUT2D eigenvalue weighted by atomic mass is 28.3. The van der Waals surface area contributed by atoms with Crippen LogP contribution < -0.4 is 0 Å². The molecule has 0 aliphatic rings. The maximum Gasteiger partial charge on any atom is 0.328 e. The Hall–Kier alpha value is -1.42. The molecule has 82 valence electrons. The van der Waals surface area contributed by atoms with E-state index in [1.165, 1.54) is 0 Å². The zero-order valence-electron chi connectivity index (χ0n) is 8.82. The molecule has 0 aliphatic carbocycles. The highest BCUT2D eigenvalue weighted by molar-refractivity contribution is 6.44. The Balaban J connectivity index is 2.40. The van der Waals surface area contributed by atoms with Crippen LogP contribution in [0.15, 0.2) is 60.7 Å². The van der Waals surface area contributed by atoms with Gasteiger partial charge in [0.15, 0.2) is 0 Å². The van der Waals surface area contributed by atoms with Gasteiger partial charge in [-0.2, -0.15) is 0 Å². The Morgan fingerprint density at radius 1 is 0.688 bits per heavy atom. The van der Waals surface area contributed by atoms with E-state index in [0.717, 1.165) is 11.1 Å². The van der Waals surface area contributed by atoms with Crippen LogP contribution in [0, 0.1) is 0 Å². The van der Waals surface area contributed by atoms with Crippen molar-refractivity contribution >= 4 is 9.28 Å². The third-order valence-corrected chi connectivity index (χ3v) is 3.98. The third-order valence-electron chi connectivity index (χ3n) is 2.62. The standard InChI is InChI=1S/C13H14O2Si/c14-16(15)13(11-7-3-1-4-8-11)12-9-5-2-6-10-12/h1-10,13-16H. The van der Waals surface area contributed by atoms with Crippen LogP contribution in [0.4, 0.5) is 0 Å². The van der Waals surface area contributed by atoms with Crippen LogP contribution in [0.25, 0.3) is 0 Å². The summed E-state index contributed by atoms with van der Waals surface area (Å²) in [6, 6.07) is 19.3. The fourth-order valence-corrected chi connectivity index (χ4v) is 2.99. The van der Waals surface area contributed by atoms with Crippen molar-refractivity contribution in [3.8, 4) is 0 Å². The van der Waals surface area contributed by atoms with Crippen molar-refractivity contribution in [3.63, 3.8) is 0 Å². The molecule has 16 heavy (non-hydrogen) atoms. The Morgan fingerprint density at radius 3 is 1.38 bits per heavy atom. The minimum absolute atomic E-state index is 0.248. The molecular formula is C13H14O2Si. The molecule has 0 amide bonds. The molecule has 0 radical (unpaired) electrons. The van der Waals surface area contributed by atoms with Gasteiger partial charge >= 0.3 is 9.28 Å². The molecule has 0 fully saturated rings. The highest BCUT2D eigenvalue weighted by Crippen LogP contribution is 2.24. The molecule has 0 heterocycles. The molecular weight excluding hydrogens is 216 g/mol. The van der Waals surface area contributed by atoms with E-state index in [4.69, 9.17) is 0 Å². The lowest BCUT2D eigenvalue weighted by molar-refractivity contribution is 0.396. The fourth-order valence-electron chi connectivity index (χ4n) is 1.86. The predicted octanol–water partition coefficient (Wildman–Crippen LogP) is 1.56. The highest BCUT2D eigenvalue weighted by Gasteiger charge is 2.23. The summed E-state index contributed by atoms with van der Waals surface area (Å²) in [5.41, 5.74) is 1.69. The average molecular weight is 230 g/mol. The van der Waals surface area contributed by atoms with Crippen molar-refractivity contribution < 1.29 is 9.59 Å². The van der Waals surface area contributed by atoms with Gasteiger partial charge in [0.2, 0.25) is 0 Å². The largest absolute Gasteiger partial charge is 0.412 e. The van der Waals surface area contributed by atoms with Crippen molar-refractivity contribution in [2.24, 2.45) is 0 Å². The van der Waals surface area contributed by atoms with Gasteiger partial charge in [-0.25, -0.2) is 0 Å². The summed E-state index contributed by atoms with van der Waals surface area (Å²) in [5.74, 6) is 0. The van der Waals surface area contributed by atoms with E-state index in [1.807, 2.05) is 60.7 Å². The van der Waals surface area contributed by atoms with Crippen molar-refractivity contribution in [1.29, 1.82) is 0 Å². The Kier molecular flexibility index (Phi) is 3.51. The van der Waals surface area contributed by atoms with Crippen molar-refractivity contribution in [2.75, 3.05) is 0 Å². The van der Waals surface area contributed by atoms with E-state index in [-0.39, 0.29) is 5.54 Å². The lowest BCUT2D eigenvalue weighted by Crippen LogP contribution is -2.24. The SMILES string of the molecule is O[SiH](O)C(c1ccccc1)c1ccccc1. The van der Waals surface area contributed by atoms with Gasteiger partial charge < -0.3 is 9.59 Å². The van der Waals surface area contributed by atoms with Crippen molar-refractivity contribution in [3.05, 3.63) is 71.8 Å². The second kappa shape index (κ2) is 5.07. The molecule has 2 aromatic rings. The minimum Gasteiger partial charge on any atom is -0.412 e. The molecule has 0 spiro atoms. The smallest absolute Gasteiger partial charge is 0.328 e. The summed E-state index contributed by atoms with van der Waals surface area (Å²) in [4.78, 5) is 19.2. The van der Waals surface area contributed by atoms with E-state index in [9.17, 15) is 9.59 Å². The first kappa shape index (κ1) is 11.1. The number of hydrogen-bond acceptors (Lipinski definition) is 2. The number of rotatable bonds is 3. The Bertz CT molecular complexity index is 389. The van der Waals surface area contributed by atoms with Crippen LogP contribution in [0.2, 0.25) is 0 Å². The Labute approximate surface area is 96.7 Å². The second-order valence-electron chi connectivity index (χ2n) is 3.71. The van der Waals surface area contributed by atoms with E-state index in [1.54, 1.807) is 0 Å². The topological polar surface area (TPSA) is 40.5 Å². The van der Waals surface area contributed by atoms with Gasteiger partial charge in [-0.05, 0) is 11.1 Å². The van der Waals surface area contributed by atoms with Gasteiger partial charge in [-0.15, -0.1) is 0 Å². The van der Waals surface area contributed by atoms with Gasteiger partial charge in [0.25, 0.3) is 0 Å². The molecule has 0 bridgehead atoms. The fraction of sp³-hybridized carbons (Fsp3) is 0.0769. The molecule has 2 N–H and O–H groups in total. The van der Waals surface area contributed by atoms with E-state index >= 15 is 0 Å². The zero-order chi connectivity index (χ0) is 11.4. The molecule has 0 saturated heterocycles. The molecule has 0 saturated carbocycles. The van der Waals surface area contributed by atoms with Crippen LogP contribution in [0.1, 0.15) is 16.7 Å². The lowest BCUT2D eigenvalue weighted by atomic mass is 10.0. The van der Waals surface area contributed by atoms with Gasteiger partial charge in [0.1, 0.15) is 0 Å². The molecule has 0 aliphatic heterocycles. The van der Waals surface area contributed by atoms with Crippen LogP contribution in [-0.4, -0.2) is 18.9 Å². The summed E-state index contributed by atoms with van der Waals surface area (Å²) >= 11 is 0. The van der Waals surface area contributed by atoms with Crippen molar-refractivity contribution in [1.82, 2.24) is 0 Å². The van der Waals surface area contributed by atoms with E-state index in [0.29, 0.717) is 0 Å². The van der Waals surface area contributed by atoms with Crippen molar-refractivity contribution in [2.45, 2.75) is 5.54 Å². The average Bonchev–Trinajstić information content (AvgIpc) is 2.31. The van der Waals surface area contributed by atoms with Gasteiger partial charge in [0.05, 0.1) is 0 Å². The maximum absolute atomic E-state index is 9.61. The van der Waals surface area contributed by atoms with Crippen LogP contribution in [-0.2, 0) is 0 Å². The minimum atomic E-state index is -2.74. The first-order valence-corrected chi connectivity index (χ1v) is 6.95.